The summed E-state index contributed by atoms with van der Waals surface area (Å²) in [6, 6.07) is 3.09. The van der Waals surface area contributed by atoms with Crippen LogP contribution in [0.5, 0.6) is 0 Å². The van der Waals surface area contributed by atoms with Crippen molar-refractivity contribution in [1.29, 1.82) is 0 Å². The van der Waals surface area contributed by atoms with Crippen molar-refractivity contribution in [2.45, 2.75) is 31.5 Å². The minimum absolute atomic E-state index is 0.0871. The van der Waals surface area contributed by atoms with Crippen LogP contribution in [0.25, 0.3) is 0 Å². The average molecular weight is 304 g/mol. The topological polar surface area (TPSA) is 29.3 Å². The largest absolute Gasteiger partial charge is 0.419 e. The molecule has 1 aromatic carbocycles. The Kier molecular flexibility index (Phi) is 4.88. The van der Waals surface area contributed by atoms with Gasteiger partial charge < -0.3 is 5.73 Å². The molecule has 1 heterocycles. The van der Waals surface area contributed by atoms with E-state index in [2.05, 4.69) is 0 Å². The van der Waals surface area contributed by atoms with E-state index in [1.54, 1.807) is 0 Å². The molecule has 2 unspecified atom stereocenters. The molecule has 0 aromatic heterocycles. The van der Waals surface area contributed by atoms with Crippen LogP contribution in [0, 0.1) is 11.7 Å². The fraction of sp³-hybridized carbons (Fsp3) is 0.600. The summed E-state index contributed by atoms with van der Waals surface area (Å²) >= 11 is 0. The molecule has 2 nitrogen and oxygen atoms in total. The number of hydrogen-bond acceptors (Lipinski definition) is 2. The summed E-state index contributed by atoms with van der Waals surface area (Å²) in [5.41, 5.74) is 5.08. The van der Waals surface area contributed by atoms with Crippen molar-refractivity contribution in [3.05, 3.63) is 35.1 Å². The number of nitrogens with two attached hydrogens (primary N) is 1. The third-order valence-corrected chi connectivity index (χ3v) is 4.20. The van der Waals surface area contributed by atoms with E-state index < -0.39 is 17.6 Å². The number of alkyl halides is 3. The maximum absolute atomic E-state index is 13.4. The van der Waals surface area contributed by atoms with Crippen LogP contribution in [0.4, 0.5) is 17.6 Å². The van der Waals surface area contributed by atoms with Gasteiger partial charge in [0.05, 0.1) is 5.56 Å². The molecule has 2 N–H and O–H groups in total. The molecule has 1 fully saturated rings. The highest BCUT2D eigenvalue weighted by molar-refractivity contribution is 5.30. The van der Waals surface area contributed by atoms with Gasteiger partial charge in [0.2, 0.25) is 0 Å². The molecule has 118 valence electrons. The van der Waals surface area contributed by atoms with Gasteiger partial charge in [-0.2, -0.15) is 13.2 Å². The molecule has 21 heavy (non-hydrogen) atoms. The Morgan fingerprint density at radius 2 is 2.00 bits per heavy atom. The first-order valence-electron chi connectivity index (χ1n) is 7.11. The van der Waals surface area contributed by atoms with Crippen LogP contribution in [-0.2, 0) is 6.18 Å². The van der Waals surface area contributed by atoms with Gasteiger partial charge in [-0.05, 0) is 56.6 Å². The van der Waals surface area contributed by atoms with Gasteiger partial charge in [-0.15, -0.1) is 0 Å². The van der Waals surface area contributed by atoms with E-state index in [4.69, 9.17) is 5.73 Å². The zero-order valence-electron chi connectivity index (χ0n) is 12.0. The molecule has 0 amide bonds. The van der Waals surface area contributed by atoms with Gasteiger partial charge in [-0.1, -0.05) is 12.5 Å². The fourth-order valence-electron chi connectivity index (χ4n) is 3.14. The number of rotatable bonds is 2. The zero-order valence-corrected chi connectivity index (χ0v) is 12.0. The van der Waals surface area contributed by atoms with Crippen LogP contribution in [0.1, 0.15) is 36.4 Å². The van der Waals surface area contributed by atoms with E-state index in [1.807, 2.05) is 11.9 Å². The van der Waals surface area contributed by atoms with Crippen LogP contribution in [0.3, 0.4) is 0 Å². The predicted octanol–water partition coefficient (Wildman–Crippen LogP) is 3.58. The standard InChI is InChI=1S/C15H20F4N2/c1-21-7-3-2-4-11(9-20)14(21)10-5-6-13(16)12(8-10)15(17,18)19/h5-6,8,11,14H,2-4,7,9,20H2,1H3. The number of nitrogens with zero attached hydrogens (tertiary/aromatic N) is 1. The molecule has 1 saturated heterocycles. The molecule has 0 saturated carbocycles. The molecule has 2 rings (SSSR count). The van der Waals surface area contributed by atoms with Gasteiger partial charge in [0, 0.05) is 6.04 Å². The van der Waals surface area contributed by atoms with E-state index >= 15 is 0 Å². The lowest BCUT2D eigenvalue weighted by molar-refractivity contribution is -0.140. The molecule has 1 aliphatic rings. The zero-order chi connectivity index (χ0) is 15.6. The van der Waals surface area contributed by atoms with Crippen molar-refractivity contribution in [2.24, 2.45) is 11.7 Å². The second-order valence-corrected chi connectivity index (χ2v) is 5.65. The fourth-order valence-corrected chi connectivity index (χ4v) is 3.14. The quantitative estimate of drug-likeness (QED) is 0.846. The lowest BCUT2D eigenvalue weighted by Crippen LogP contribution is -2.33. The summed E-state index contributed by atoms with van der Waals surface area (Å²) in [7, 11) is 1.88. The third kappa shape index (κ3) is 3.55. The first-order valence-corrected chi connectivity index (χ1v) is 7.11. The maximum Gasteiger partial charge on any atom is 0.419 e. The Labute approximate surface area is 121 Å². The van der Waals surface area contributed by atoms with E-state index in [1.165, 1.54) is 6.07 Å². The smallest absolute Gasteiger partial charge is 0.330 e. The Morgan fingerprint density at radius 1 is 1.29 bits per heavy atom. The van der Waals surface area contributed by atoms with Crippen LogP contribution >= 0.6 is 0 Å². The first-order chi connectivity index (χ1) is 9.84. The van der Waals surface area contributed by atoms with Crippen LogP contribution in [-0.4, -0.2) is 25.0 Å². The molecule has 1 aliphatic heterocycles. The second-order valence-electron chi connectivity index (χ2n) is 5.65. The van der Waals surface area contributed by atoms with E-state index in [0.717, 1.165) is 37.9 Å². The van der Waals surface area contributed by atoms with Gasteiger partial charge in [0.15, 0.2) is 0 Å². The second kappa shape index (κ2) is 6.32. The van der Waals surface area contributed by atoms with Gasteiger partial charge >= 0.3 is 6.18 Å². The van der Waals surface area contributed by atoms with Gasteiger partial charge in [-0.3, -0.25) is 4.90 Å². The summed E-state index contributed by atoms with van der Waals surface area (Å²) in [6.07, 6.45) is -1.79. The highest BCUT2D eigenvalue weighted by Crippen LogP contribution is 2.38. The van der Waals surface area contributed by atoms with Gasteiger partial charge in [0.25, 0.3) is 0 Å². The monoisotopic (exact) mass is 304 g/mol. The average Bonchev–Trinajstić information content (AvgIpc) is 2.59. The van der Waals surface area contributed by atoms with Crippen LogP contribution in [0.2, 0.25) is 0 Å². The van der Waals surface area contributed by atoms with Crippen molar-refractivity contribution >= 4 is 0 Å². The lowest BCUT2D eigenvalue weighted by Gasteiger charge is -2.32. The van der Waals surface area contributed by atoms with Gasteiger partial charge in [-0.25, -0.2) is 4.39 Å². The van der Waals surface area contributed by atoms with Crippen molar-refractivity contribution in [3.8, 4) is 0 Å². The van der Waals surface area contributed by atoms with Crippen LogP contribution < -0.4 is 5.73 Å². The highest BCUT2D eigenvalue weighted by Gasteiger charge is 2.36. The van der Waals surface area contributed by atoms with E-state index in [0.29, 0.717) is 12.1 Å². The predicted molar refractivity (Wildman–Crippen MR) is 73.2 cm³/mol. The van der Waals surface area contributed by atoms with Crippen LogP contribution in [0.15, 0.2) is 18.2 Å². The number of hydrogen-bond donors (Lipinski definition) is 1. The third-order valence-electron chi connectivity index (χ3n) is 4.20. The molecule has 0 spiro atoms. The molecule has 0 aliphatic carbocycles. The lowest BCUT2D eigenvalue weighted by atomic mass is 9.88. The molecule has 1 aromatic rings. The molecular weight excluding hydrogens is 284 g/mol. The molecule has 0 radical (unpaired) electrons. The summed E-state index contributed by atoms with van der Waals surface area (Å²) in [5, 5.41) is 0. The number of benzene rings is 1. The Bertz CT molecular complexity index is 487. The molecule has 0 bridgehead atoms. The van der Waals surface area contributed by atoms with E-state index in [9.17, 15) is 17.6 Å². The summed E-state index contributed by atoms with van der Waals surface area (Å²) in [6.45, 7) is 1.22. The number of halogens is 4. The minimum Gasteiger partial charge on any atom is -0.330 e. The minimum atomic E-state index is -4.68. The summed E-state index contributed by atoms with van der Waals surface area (Å²) < 4.78 is 52.1. The van der Waals surface area contributed by atoms with E-state index in [-0.39, 0.29) is 12.0 Å². The normalized spacial score (nSPS) is 24.9. The highest BCUT2D eigenvalue weighted by atomic mass is 19.4. The van der Waals surface area contributed by atoms with Crippen molar-refractivity contribution < 1.29 is 17.6 Å². The Morgan fingerprint density at radius 3 is 2.62 bits per heavy atom. The maximum atomic E-state index is 13.4. The van der Waals surface area contributed by atoms with Gasteiger partial charge in [0.1, 0.15) is 5.82 Å². The number of likely N-dealkylation sites (tertiary alicyclic amines) is 1. The molecule has 6 heteroatoms. The molecule has 2 atom stereocenters. The first kappa shape index (κ1) is 16.2. The summed E-state index contributed by atoms with van der Waals surface area (Å²) in [4.78, 5) is 2.03. The molecular formula is C15H20F4N2. The Balaban J connectivity index is 2.43. The van der Waals surface area contributed by atoms with Crippen molar-refractivity contribution in [1.82, 2.24) is 4.90 Å². The van der Waals surface area contributed by atoms with Crippen molar-refractivity contribution in [3.63, 3.8) is 0 Å². The van der Waals surface area contributed by atoms with Crippen molar-refractivity contribution in [2.75, 3.05) is 20.1 Å². The SMILES string of the molecule is CN1CCCCC(CN)C1c1ccc(F)c(C(F)(F)F)c1. The summed E-state index contributed by atoms with van der Waals surface area (Å²) in [5.74, 6) is -1.14. The Hall–Kier alpha value is -1.14.